The summed E-state index contributed by atoms with van der Waals surface area (Å²) in [4.78, 5) is 5.07. The lowest BCUT2D eigenvalue weighted by molar-refractivity contribution is 0.597. The molecule has 2 nitrogen and oxygen atoms in total. The SMILES string of the molecule is CC(C)(C)c1ccc(N(c2ccc3c(c2)Sc2ccccc2C32c3ccccc3-c3ccccc32)c2ccc3oc4ccccc4c3c2)c2c1sc1ccc(-c3ccccc3)cc12. The van der Waals surface area contributed by atoms with Crippen molar-refractivity contribution in [1.29, 1.82) is 0 Å². The molecule has 0 atom stereocenters. The van der Waals surface area contributed by atoms with Crippen molar-refractivity contribution >= 4 is 82.3 Å². The van der Waals surface area contributed by atoms with Crippen molar-refractivity contribution in [2.45, 2.75) is 41.4 Å². The average molecular weight is 844 g/mol. The van der Waals surface area contributed by atoms with E-state index >= 15 is 0 Å². The number of anilines is 3. The van der Waals surface area contributed by atoms with E-state index in [0.717, 1.165) is 39.0 Å². The number of rotatable bonds is 4. The van der Waals surface area contributed by atoms with Gasteiger partial charge in [0, 0.05) is 52.1 Å². The van der Waals surface area contributed by atoms with Crippen LogP contribution in [0, 0.1) is 0 Å². The van der Waals surface area contributed by atoms with Crippen LogP contribution >= 0.6 is 23.1 Å². The number of para-hydroxylation sites is 1. The first-order valence-corrected chi connectivity index (χ1v) is 23.4. The monoisotopic (exact) mass is 843 g/mol. The first-order valence-electron chi connectivity index (χ1n) is 21.7. The maximum Gasteiger partial charge on any atom is 0.135 e. The maximum absolute atomic E-state index is 6.42. The van der Waals surface area contributed by atoms with Gasteiger partial charge < -0.3 is 9.32 Å². The summed E-state index contributed by atoms with van der Waals surface area (Å²) in [6.07, 6.45) is 0. The molecule has 2 aliphatic rings. The molecule has 4 heteroatoms. The average Bonchev–Trinajstić information content (AvgIpc) is 3.98. The Labute approximate surface area is 375 Å². The zero-order valence-electron chi connectivity index (χ0n) is 35.1. The van der Waals surface area contributed by atoms with Crippen LogP contribution in [-0.4, -0.2) is 0 Å². The smallest absolute Gasteiger partial charge is 0.135 e. The van der Waals surface area contributed by atoms with Gasteiger partial charge in [0.05, 0.1) is 11.1 Å². The molecule has 0 fully saturated rings. The van der Waals surface area contributed by atoms with E-state index in [-0.39, 0.29) is 5.41 Å². The highest BCUT2D eigenvalue weighted by Gasteiger charge is 2.50. The molecule has 1 spiro atoms. The molecule has 0 saturated carbocycles. The summed E-state index contributed by atoms with van der Waals surface area (Å²) in [5.41, 5.74) is 16.4. The second-order valence-corrected chi connectivity index (χ2v) is 20.1. The van der Waals surface area contributed by atoms with Gasteiger partial charge in [-0.25, -0.2) is 0 Å². The first-order chi connectivity index (χ1) is 30.9. The summed E-state index contributed by atoms with van der Waals surface area (Å²) in [5.74, 6) is 0. The Morgan fingerprint density at radius 1 is 0.476 bits per heavy atom. The zero-order chi connectivity index (χ0) is 42.0. The number of hydrogen-bond acceptors (Lipinski definition) is 4. The molecule has 0 bridgehead atoms. The van der Waals surface area contributed by atoms with E-state index in [4.69, 9.17) is 4.42 Å². The van der Waals surface area contributed by atoms with Crippen LogP contribution in [0.25, 0.3) is 64.4 Å². The lowest BCUT2D eigenvalue weighted by Crippen LogP contribution is -2.32. The van der Waals surface area contributed by atoms with E-state index < -0.39 is 5.41 Å². The van der Waals surface area contributed by atoms with E-state index in [9.17, 15) is 0 Å². The summed E-state index contributed by atoms with van der Waals surface area (Å²) in [5, 5.41) is 4.78. The fourth-order valence-electron chi connectivity index (χ4n) is 10.7. The summed E-state index contributed by atoms with van der Waals surface area (Å²) < 4.78 is 9.04. The number of fused-ring (bicyclic) bond motifs is 15. The molecule has 0 radical (unpaired) electrons. The normalized spacial score (nSPS) is 13.7. The van der Waals surface area contributed by atoms with Crippen molar-refractivity contribution in [3.05, 3.63) is 222 Å². The lowest BCUT2D eigenvalue weighted by Gasteiger charge is -2.40. The molecule has 3 heterocycles. The zero-order valence-corrected chi connectivity index (χ0v) is 36.8. The highest BCUT2D eigenvalue weighted by Crippen LogP contribution is 2.63. The van der Waals surface area contributed by atoms with Gasteiger partial charge in [-0.15, -0.1) is 11.3 Å². The van der Waals surface area contributed by atoms with Gasteiger partial charge >= 0.3 is 0 Å². The Kier molecular flexibility index (Phi) is 7.92. The molecule has 2 aromatic heterocycles. The van der Waals surface area contributed by atoms with Crippen LogP contribution in [0.3, 0.4) is 0 Å². The van der Waals surface area contributed by atoms with Crippen LogP contribution in [0.15, 0.2) is 208 Å². The fraction of sp³-hybridized carbons (Fsp3) is 0.0847. The van der Waals surface area contributed by atoms with E-state index in [0.29, 0.717) is 0 Å². The highest BCUT2D eigenvalue weighted by atomic mass is 32.2. The molecule has 300 valence electrons. The van der Waals surface area contributed by atoms with Gasteiger partial charge in [0.15, 0.2) is 0 Å². The van der Waals surface area contributed by atoms with Crippen molar-refractivity contribution in [3.8, 4) is 22.3 Å². The molecule has 1 aliphatic heterocycles. The van der Waals surface area contributed by atoms with E-state index in [1.165, 1.54) is 80.0 Å². The predicted molar refractivity (Wildman–Crippen MR) is 267 cm³/mol. The topological polar surface area (TPSA) is 16.4 Å². The summed E-state index contributed by atoms with van der Waals surface area (Å²) in [6.45, 7) is 7.01. The largest absolute Gasteiger partial charge is 0.456 e. The van der Waals surface area contributed by atoms with Gasteiger partial charge in [-0.2, -0.15) is 0 Å². The van der Waals surface area contributed by atoms with Crippen LogP contribution in [0.1, 0.15) is 48.6 Å². The van der Waals surface area contributed by atoms with Crippen LogP contribution in [0.5, 0.6) is 0 Å². The van der Waals surface area contributed by atoms with Crippen LogP contribution < -0.4 is 4.90 Å². The third kappa shape index (κ3) is 5.32. The first kappa shape index (κ1) is 36.8. The van der Waals surface area contributed by atoms with E-state index in [1.807, 2.05) is 29.2 Å². The van der Waals surface area contributed by atoms with Gasteiger partial charge in [-0.1, -0.05) is 166 Å². The molecule has 0 N–H and O–H groups in total. The molecule has 9 aromatic carbocycles. The van der Waals surface area contributed by atoms with E-state index in [1.54, 1.807) is 0 Å². The quantitative estimate of drug-likeness (QED) is 0.176. The Bertz CT molecular complexity index is 3620. The maximum atomic E-state index is 6.42. The Hall–Kier alpha value is -6.85. The molecule has 13 rings (SSSR count). The molecule has 0 saturated heterocycles. The van der Waals surface area contributed by atoms with Crippen molar-refractivity contribution < 1.29 is 4.42 Å². The van der Waals surface area contributed by atoms with Gasteiger partial charge in [0.25, 0.3) is 0 Å². The number of furan rings is 1. The lowest BCUT2D eigenvalue weighted by atomic mass is 9.67. The van der Waals surface area contributed by atoms with Crippen LogP contribution in [0.2, 0.25) is 0 Å². The van der Waals surface area contributed by atoms with Gasteiger partial charge in [-0.05, 0) is 116 Å². The molecule has 63 heavy (non-hydrogen) atoms. The molecule has 0 amide bonds. The molecular formula is C59H41NOS2. The highest BCUT2D eigenvalue weighted by molar-refractivity contribution is 7.99. The third-order valence-corrected chi connectivity index (χ3v) is 15.8. The van der Waals surface area contributed by atoms with Crippen molar-refractivity contribution in [2.24, 2.45) is 0 Å². The molecule has 0 unspecified atom stereocenters. The fourth-order valence-corrected chi connectivity index (χ4v) is 13.4. The van der Waals surface area contributed by atoms with Gasteiger partial charge in [0.1, 0.15) is 11.2 Å². The van der Waals surface area contributed by atoms with E-state index in [2.05, 4.69) is 214 Å². The van der Waals surface area contributed by atoms with Crippen molar-refractivity contribution in [2.75, 3.05) is 4.90 Å². The molecule has 1 aliphatic carbocycles. The minimum absolute atomic E-state index is 0.0581. The summed E-state index contributed by atoms with van der Waals surface area (Å²) in [6, 6.07) is 72.2. The van der Waals surface area contributed by atoms with Gasteiger partial charge in [-0.3, -0.25) is 0 Å². The van der Waals surface area contributed by atoms with Crippen LogP contribution in [0.4, 0.5) is 17.1 Å². The molecular weight excluding hydrogens is 803 g/mol. The third-order valence-electron chi connectivity index (χ3n) is 13.5. The molecule has 11 aromatic rings. The number of thiophene rings is 1. The Balaban J connectivity index is 1.11. The van der Waals surface area contributed by atoms with Crippen molar-refractivity contribution in [1.82, 2.24) is 0 Å². The Morgan fingerprint density at radius 2 is 1.13 bits per heavy atom. The van der Waals surface area contributed by atoms with Crippen LogP contribution in [-0.2, 0) is 10.8 Å². The standard InChI is InChI=1S/C59H41NOS2/c1-58(2,3)49-29-30-50(56-44-33-37(36-15-5-4-6-16-36)25-32-53(44)63-57(49)56)60(38-27-31-52-43(34-38)42-19-9-13-23-51(42)61-52)39-26-28-48-55(35-39)62-54-24-14-12-22-47(54)59(48)45-20-10-7-17-40(45)41-18-8-11-21-46(41)59/h4-35H,1-3H3. The summed E-state index contributed by atoms with van der Waals surface area (Å²) in [7, 11) is 0. The number of nitrogens with zero attached hydrogens (tertiary/aromatic N) is 1. The Morgan fingerprint density at radius 3 is 1.92 bits per heavy atom. The van der Waals surface area contributed by atoms with Gasteiger partial charge in [0.2, 0.25) is 0 Å². The second kappa shape index (κ2) is 13.6. The minimum atomic E-state index is -0.443. The minimum Gasteiger partial charge on any atom is -0.456 e. The van der Waals surface area contributed by atoms with Crippen molar-refractivity contribution in [3.63, 3.8) is 0 Å². The summed E-state index contributed by atoms with van der Waals surface area (Å²) >= 11 is 3.81. The predicted octanol–water partition coefficient (Wildman–Crippen LogP) is 17.2. The second-order valence-electron chi connectivity index (χ2n) is 18.0. The number of benzene rings is 9. The number of hydrogen-bond donors (Lipinski definition) is 0.